The number of likely N-dealkylation sites (N-methyl/N-ethyl adjacent to an activating group) is 1. The van der Waals surface area contributed by atoms with Gasteiger partial charge in [-0.25, -0.2) is 4.98 Å². The second kappa shape index (κ2) is 4.97. The maximum absolute atomic E-state index is 11.6. The van der Waals surface area contributed by atoms with E-state index in [1.807, 2.05) is 6.07 Å². The zero-order valence-electron chi connectivity index (χ0n) is 11.1. The van der Waals surface area contributed by atoms with Gasteiger partial charge >= 0.3 is 0 Å². The van der Waals surface area contributed by atoms with E-state index in [0.717, 1.165) is 5.56 Å². The third-order valence-corrected chi connectivity index (χ3v) is 3.40. The van der Waals surface area contributed by atoms with E-state index in [-0.39, 0.29) is 12.5 Å². The molecule has 0 aliphatic carbocycles. The molecule has 0 bridgehead atoms. The minimum atomic E-state index is -0.667. The van der Waals surface area contributed by atoms with Gasteiger partial charge < -0.3 is 19.3 Å². The van der Waals surface area contributed by atoms with Gasteiger partial charge in [0.1, 0.15) is 5.75 Å². The number of anilines is 1. The number of ether oxygens (including phenoxy) is 1. The lowest BCUT2D eigenvalue weighted by Gasteiger charge is -2.27. The van der Waals surface area contributed by atoms with E-state index < -0.39 is 6.10 Å². The Bertz CT molecular complexity index is 625. The van der Waals surface area contributed by atoms with Crippen LogP contribution in [0.3, 0.4) is 0 Å². The van der Waals surface area contributed by atoms with Crippen molar-refractivity contribution in [3.8, 4) is 5.75 Å². The van der Waals surface area contributed by atoms with Crippen molar-refractivity contribution in [1.82, 2.24) is 9.55 Å². The fraction of sp³-hybridized carbons (Fsp3) is 0.286. The summed E-state index contributed by atoms with van der Waals surface area (Å²) < 4.78 is 7.16. The predicted octanol–water partition coefficient (Wildman–Crippen LogP) is 0.972. The molecule has 0 fully saturated rings. The molecule has 0 saturated heterocycles. The number of hydrogen-bond acceptors (Lipinski definition) is 4. The van der Waals surface area contributed by atoms with Crippen molar-refractivity contribution in [3.05, 3.63) is 42.5 Å². The molecule has 3 rings (SSSR count). The molecule has 1 atom stereocenters. The van der Waals surface area contributed by atoms with Crippen molar-refractivity contribution >= 4 is 11.6 Å². The standard InChI is InChI=1S/C14H15N3O3/c1-16-11-6-10(2-3-13(11)20-8-14(16)19)12(18)7-17-5-4-15-9-17/h2-6,9,12,18H,7-8H2,1H3. The van der Waals surface area contributed by atoms with E-state index in [0.29, 0.717) is 18.0 Å². The molecule has 0 spiro atoms. The zero-order valence-corrected chi connectivity index (χ0v) is 11.1. The van der Waals surface area contributed by atoms with Gasteiger partial charge in [-0.3, -0.25) is 4.79 Å². The smallest absolute Gasteiger partial charge is 0.264 e. The molecular weight excluding hydrogens is 258 g/mol. The molecule has 6 heteroatoms. The van der Waals surface area contributed by atoms with E-state index >= 15 is 0 Å². The fourth-order valence-corrected chi connectivity index (χ4v) is 2.20. The molecule has 20 heavy (non-hydrogen) atoms. The molecule has 104 valence electrons. The summed E-state index contributed by atoms with van der Waals surface area (Å²) in [6.45, 7) is 0.470. The largest absolute Gasteiger partial charge is 0.482 e. The molecule has 6 nitrogen and oxygen atoms in total. The maximum atomic E-state index is 11.6. The second-order valence-electron chi connectivity index (χ2n) is 4.74. The summed E-state index contributed by atoms with van der Waals surface area (Å²) >= 11 is 0. The number of carbonyl (C=O) groups is 1. The first-order valence-corrected chi connectivity index (χ1v) is 6.32. The van der Waals surface area contributed by atoms with Gasteiger partial charge in [-0.05, 0) is 17.7 Å². The number of fused-ring (bicyclic) bond motifs is 1. The van der Waals surface area contributed by atoms with Gasteiger partial charge in [0.15, 0.2) is 6.61 Å². The number of carbonyl (C=O) groups excluding carboxylic acids is 1. The quantitative estimate of drug-likeness (QED) is 0.905. The van der Waals surface area contributed by atoms with Gasteiger partial charge in [-0.15, -0.1) is 0 Å². The van der Waals surface area contributed by atoms with Crippen LogP contribution in [-0.2, 0) is 11.3 Å². The zero-order chi connectivity index (χ0) is 14.1. The van der Waals surface area contributed by atoms with Crippen molar-refractivity contribution in [2.75, 3.05) is 18.6 Å². The summed E-state index contributed by atoms with van der Waals surface area (Å²) in [6.07, 6.45) is 4.45. The van der Waals surface area contributed by atoms with Crippen LogP contribution in [0.4, 0.5) is 5.69 Å². The van der Waals surface area contributed by atoms with Crippen LogP contribution in [0.1, 0.15) is 11.7 Å². The summed E-state index contributed by atoms with van der Waals surface area (Å²) in [6, 6.07) is 5.38. The number of hydrogen-bond donors (Lipinski definition) is 1. The second-order valence-corrected chi connectivity index (χ2v) is 4.74. The van der Waals surface area contributed by atoms with Gasteiger partial charge in [-0.1, -0.05) is 6.07 Å². The van der Waals surface area contributed by atoms with Gasteiger partial charge in [0.2, 0.25) is 0 Å². The molecule has 2 aromatic rings. The van der Waals surface area contributed by atoms with Gasteiger partial charge in [0, 0.05) is 19.4 Å². The highest BCUT2D eigenvalue weighted by Crippen LogP contribution is 2.33. The Balaban J connectivity index is 1.86. The number of rotatable bonds is 3. The van der Waals surface area contributed by atoms with Crippen LogP contribution in [-0.4, -0.2) is 34.2 Å². The van der Waals surface area contributed by atoms with Gasteiger partial charge in [0.25, 0.3) is 5.91 Å². The van der Waals surface area contributed by atoms with Crippen molar-refractivity contribution in [2.24, 2.45) is 0 Å². The number of aliphatic hydroxyl groups is 1. The van der Waals surface area contributed by atoms with Crippen LogP contribution in [0.15, 0.2) is 36.9 Å². The molecule has 1 N–H and O–H groups in total. The number of aromatic nitrogens is 2. The lowest BCUT2D eigenvalue weighted by Crippen LogP contribution is -2.35. The molecule has 1 unspecified atom stereocenters. The monoisotopic (exact) mass is 273 g/mol. The number of benzene rings is 1. The minimum absolute atomic E-state index is 0.0560. The fourth-order valence-electron chi connectivity index (χ4n) is 2.20. The Morgan fingerprint density at radius 2 is 2.35 bits per heavy atom. The highest BCUT2D eigenvalue weighted by atomic mass is 16.5. The van der Waals surface area contributed by atoms with Gasteiger partial charge in [-0.2, -0.15) is 0 Å². The van der Waals surface area contributed by atoms with Crippen LogP contribution in [0.25, 0.3) is 0 Å². The summed E-state index contributed by atoms with van der Waals surface area (Å²) in [5, 5.41) is 10.3. The lowest BCUT2D eigenvalue weighted by molar-refractivity contribution is -0.120. The molecule has 1 aliphatic rings. The van der Waals surface area contributed by atoms with E-state index in [9.17, 15) is 9.90 Å². The number of amides is 1. The molecule has 0 radical (unpaired) electrons. The predicted molar refractivity (Wildman–Crippen MR) is 72.5 cm³/mol. The summed E-state index contributed by atoms with van der Waals surface area (Å²) in [5.74, 6) is 0.560. The minimum Gasteiger partial charge on any atom is -0.482 e. The Morgan fingerprint density at radius 1 is 1.50 bits per heavy atom. The van der Waals surface area contributed by atoms with E-state index in [4.69, 9.17) is 4.74 Å². The highest BCUT2D eigenvalue weighted by molar-refractivity contribution is 5.97. The van der Waals surface area contributed by atoms with Crippen LogP contribution < -0.4 is 9.64 Å². The summed E-state index contributed by atoms with van der Waals surface area (Å²) in [7, 11) is 1.70. The molecule has 0 saturated carbocycles. The normalized spacial score (nSPS) is 15.7. The molecule has 1 aliphatic heterocycles. The first-order valence-electron chi connectivity index (χ1n) is 6.32. The summed E-state index contributed by atoms with van der Waals surface area (Å²) in [5.41, 5.74) is 1.42. The van der Waals surface area contributed by atoms with Gasteiger partial charge in [0.05, 0.1) is 24.7 Å². The van der Waals surface area contributed by atoms with E-state index in [1.165, 1.54) is 0 Å². The average molecular weight is 273 g/mol. The van der Waals surface area contributed by atoms with E-state index in [1.54, 1.807) is 47.4 Å². The molecule has 1 aromatic heterocycles. The SMILES string of the molecule is CN1C(=O)COc2ccc(C(O)Cn3ccnc3)cc21. The number of nitrogens with zero attached hydrogens (tertiary/aromatic N) is 3. The molecular formula is C14H15N3O3. The molecule has 2 heterocycles. The van der Waals surface area contributed by atoms with Crippen molar-refractivity contribution in [2.45, 2.75) is 12.6 Å². The van der Waals surface area contributed by atoms with Crippen molar-refractivity contribution in [3.63, 3.8) is 0 Å². The molecule has 1 amide bonds. The van der Waals surface area contributed by atoms with Crippen molar-refractivity contribution < 1.29 is 14.6 Å². The third kappa shape index (κ3) is 2.25. The van der Waals surface area contributed by atoms with Crippen LogP contribution in [0.5, 0.6) is 5.75 Å². The number of aliphatic hydroxyl groups excluding tert-OH is 1. The Kier molecular flexibility index (Phi) is 3.15. The highest BCUT2D eigenvalue weighted by Gasteiger charge is 2.23. The van der Waals surface area contributed by atoms with Crippen LogP contribution >= 0.6 is 0 Å². The lowest BCUT2D eigenvalue weighted by atomic mass is 10.1. The van der Waals surface area contributed by atoms with E-state index in [2.05, 4.69) is 4.98 Å². The summed E-state index contributed by atoms with van der Waals surface area (Å²) in [4.78, 5) is 17.1. The average Bonchev–Trinajstić information content (AvgIpc) is 2.95. The first-order chi connectivity index (χ1) is 9.65. The Morgan fingerprint density at radius 3 is 3.10 bits per heavy atom. The third-order valence-electron chi connectivity index (χ3n) is 3.40. The first kappa shape index (κ1) is 12.7. The molecule has 1 aromatic carbocycles. The van der Waals surface area contributed by atoms with Crippen molar-refractivity contribution in [1.29, 1.82) is 0 Å². The van der Waals surface area contributed by atoms with Crippen LogP contribution in [0.2, 0.25) is 0 Å². The Labute approximate surface area is 116 Å². The Hall–Kier alpha value is -2.34. The van der Waals surface area contributed by atoms with Crippen LogP contribution in [0, 0.1) is 0 Å². The number of imidazole rings is 1. The topological polar surface area (TPSA) is 67.6 Å². The maximum Gasteiger partial charge on any atom is 0.264 e.